The summed E-state index contributed by atoms with van der Waals surface area (Å²) in [5.41, 5.74) is 3.38. The highest BCUT2D eigenvalue weighted by Crippen LogP contribution is 2.32. The molecule has 3 N–H and O–H groups in total. The lowest BCUT2D eigenvalue weighted by Crippen LogP contribution is -2.28. The van der Waals surface area contributed by atoms with E-state index >= 15 is 0 Å². The van der Waals surface area contributed by atoms with E-state index in [1.54, 1.807) is 6.07 Å². The molecule has 0 spiro atoms. The first-order valence-electron chi connectivity index (χ1n) is 6.45. The Morgan fingerprint density at radius 3 is 2.70 bits per heavy atom. The summed E-state index contributed by atoms with van der Waals surface area (Å²) in [5, 5.41) is 1.52. The smallest absolute Gasteiger partial charge is 0.152 e. The summed E-state index contributed by atoms with van der Waals surface area (Å²) in [6.07, 6.45) is 0.837. The fourth-order valence-electron chi connectivity index (χ4n) is 2.23. The topological polar surface area (TPSA) is 64.3 Å². The number of nitrogens with two attached hydrogens (primary N) is 1. The normalized spacial score (nSPS) is 12.9. The zero-order valence-corrected chi connectivity index (χ0v) is 11.8. The molecule has 1 unspecified atom stereocenters. The van der Waals surface area contributed by atoms with Crippen LogP contribution in [0.1, 0.15) is 30.2 Å². The Hall–Kier alpha value is -1.75. The molecule has 3 aromatic rings. The third-order valence-corrected chi connectivity index (χ3v) is 3.58. The molecule has 0 aliphatic carbocycles. The maximum Gasteiger partial charge on any atom is 0.152 e. The van der Waals surface area contributed by atoms with Gasteiger partial charge in [0.15, 0.2) is 5.58 Å². The number of hydrogen-bond donors (Lipinski definition) is 2. The predicted octanol–water partition coefficient (Wildman–Crippen LogP) is 3.79. The molecule has 1 atom stereocenters. The third-order valence-electron chi connectivity index (χ3n) is 3.28. The number of furan rings is 2. The van der Waals surface area contributed by atoms with Crippen LogP contribution in [0.5, 0.6) is 0 Å². The van der Waals surface area contributed by atoms with Crippen molar-refractivity contribution in [3.8, 4) is 0 Å². The van der Waals surface area contributed by atoms with E-state index in [9.17, 15) is 0 Å². The molecule has 0 fully saturated rings. The third kappa shape index (κ3) is 2.22. The van der Waals surface area contributed by atoms with Crippen LogP contribution in [-0.2, 0) is 6.42 Å². The van der Waals surface area contributed by atoms with Crippen LogP contribution in [0.4, 0.5) is 0 Å². The van der Waals surface area contributed by atoms with Gasteiger partial charge in [0.05, 0.1) is 5.02 Å². The second-order valence-corrected chi connectivity index (χ2v) is 4.97. The second-order valence-electron chi connectivity index (χ2n) is 4.56. The summed E-state index contributed by atoms with van der Waals surface area (Å²) < 4.78 is 11.5. The molecule has 2 heterocycles. The van der Waals surface area contributed by atoms with Gasteiger partial charge in [-0.05, 0) is 24.3 Å². The van der Waals surface area contributed by atoms with E-state index in [2.05, 4.69) is 5.43 Å². The second kappa shape index (κ2) is 5.32. The first kappa shape index (κ1) is 13.2. The first-order chi connectivity index (χ1) is 9.72. The number of benzene rings is 1. The van der Waals surface area contributed by atoms with E-state index in [1.165, 1.54) is 0 Å². The van der Waals surface area contributed by atoms with Crippen LogP contribution < -0.4 is 11.3 Å². The van der Waals surface area contributed by atoms with Crippen molar-refractivity contribution in [2.45, 2.75) is 19.4 Å². The van der Waals surface area contributed by atoms with Gasteiger partial charge < -0.3 is 8.83 Å². The van der Waals surface area contributed by atoms with E-state index in [4.69, 9.17) is 26.3 Å². The highest BCUT2D eigenvalue weighted by Gasteiger charge is 2.21. The maximum absolute atomic E-state index is 6.12. The predicted molar refractivity (Wildman–Crippen MR) is 78.5 cm³/mol. The lowest BCUT2D eigenvalue weighted by molar-refractivity contribution is 0.389. The minimum Gasteiger partial charge on any atom is -0.464 e. The lowest BCUT2D eigenvalue weighted by atomic mass is 10.1. The van der Waals surface area contributed by atoms with Crippen molar-refractivity contribution < 1.29 is 8.83 Å². The van der Waals surface area contributed by atoms with Gasteiger partial charge in [-0.2, -0.15) is 0 Å². The van der Waals surface area contributed by atoms with Crippen LogP contribution in [0.2, 0.25) is 5.02 Å². The van der Waals surface area contributed by atoms with Gasteiger partial charge in [0, 0.05) is 11.8 Å². The van der Waals surface area contributed by atoms with Crippen LogP contribution >= 0.6 is 11.6 Å². The molecular formula is C15H15ClN2O2. The van der Waals surface area contributed by atoms with Crippen molar-refractivity contribution in [1.29, 1.82) is 0 Å². The number of aryl methyl sites for hydroxylation is 1. The molecule has 5 heteroatoms. The van der Waals surface area contributed by atoms with E-state index in [0.717, 1.165) is 23.3 Å². The fourth-order valence-corrected chi connectivity index (χ4v) is 2.45. The average molecular weight is 291 g/mol. The Morgan fingerprint density at radius 1 is 1.20 bits per heavy atom. The zero-order chi connectivity index (χ0) is 14.1. The Balaban J connectivity index is 2.04. The fraction of sp³-hybridized carbons (Fsp3) is 0.200. The van der Waals surface area contributed by atoms with Crippen molar-refractivity contribution in [1.82, 2.24) is 5.43 Å². The molecule has 0 aliphatic heterocycles. The molecule has 4 nitrogen and oxygen atoms in total. The monoisotopic (exact) mass is 290 g/mol. The van der Waals surface area contributed by atoms with E-state index in [0.29, 0.717) is 16.4 Å². The van der Waals surface area contributed by atoms with Crippen LogP contribution in [0.15, 0.2) is 45.2 Å². The number of nitrogens with one attached hydrogen (secondary N) is 1. The van der Waals surface area contributed by atoms with Gasteiger partial charge in [0.2, 0.25) is 0 Å². The van der Waals surface area contributed by atoms with Gasteiger partial charge in [0.1, 0.15) is 23.3 Å². The number of rotatable bonds is 4. The minimum atomic E-state index is -0.334. The SMILES string of the molecule is CCc1ccc(C(NN)c2cc3cccc(Cl)c3o2)o1. The van der Waals surface area contributed by atoms with Crippen LogP contribution in [0.3, 0.4) is 0 Å². The summed E-state index contributed by atoms with van der Waals surface area (Å²) in [5.74, 6) is 7.95. The number of para-hydroxylation sites is 1. The maximum atomic E-state index is 6.12. The molecule has 0 bridgehead atoms. The summed E-state index contributed by atoms with van der Waals surface area (Å²) in [6, 6.07) is 11.1. The molecule has 3 rings (SSSR count). The Morgan fingerprint density at radius 2 is 2.05 bits per heavy atom. The molecule has 2 aromatic heterocycles. The first-order valence-corrected chi connectivity index (χ1v) is 6.83. The number of hydrogen-bond acceptors (Lipinski definition) is 4. The summed E-state index contributed by atoms with van der Waals surface area (Å²) in [6.45, 7) is 2.04. The van der Waals surface area contributed by atoms with Crippen molar-refractivity contribution >= 4 is 22.6 Å². The van der Waals surface area contributed by atoms with Crippen molar-refractivity contribution in [3.05, 3.63) is 58.7 Å². The van der Waals surface area contributed by atoms with Crippen molar-refractivity contribution in [3.63, 3.8) is 0 Å². The highest BCUT2D eigenvalue weighted by molar-refractivity contribution is 6.34. The van der Waals surface area contributed by atoms with Gasteiger partial charge in [-0.3, -0.25) is 5.84 Å². The molecule has 0 aliphatic rings. The molecule has 1 aromatic carbocycles. The quantitative estimate of drug-likeness (QED) is 0.567. The highest BCUT2D eigenvalue weighted by atomic mass is 35.5. The van der Waals surface area contributed by atoms with Gasteiger partial charge in [0.25, 0.3) is 0 Å². The number of halogens is 1. The van der Waals surface area contributed by atoms with Crippen molar-refractivity contribution in [2.24, 2.45) is 5.84 Å². The molecule has 0 saturated heterocycles. The summed E-state index contributed by atoms with van der Waals surface area (Å²) in [7, 11) is 0. The Kier molecular flexibility index (Phi) is 3.53. The van der Waals surface area contributed by atoms with Crippen molar-refractivity contribution in [2.75, 3.05) is 0 Å². The van der Waals surface area contributed by atoms with Gasteiger partial charge in [-0.25, -0.2) is 5.43 Å². The number of fused-ring (bicyclic) bond motifs is 1. The van der Waals surface area contributed by atoms with Crippen LogP contribution in [-0.4, -0.2) is 0 Å². The molecular weight excluding hydrogens is 276 g/mol. The zero-order valence-electron chi connectivity index (χ0n) is 11.0. The Bertz CT molecular complexity index is 732. The molecule has 0 amide bonds. The molecule has 0 saturated carbocycles. The number of hydrazine groups is 1. The Labute approximate surface area is 121 Å². The van der Waals surface area contributed by atoms with E-state index < -0.39 is 0 Å². The summed E-state index contributed by atoms with van der Waals surface area (Å²) >= 11 is 6.12. The average Bonchev–Trinajstić information content (AvgIpc) is 3.07. The van der Waals surface area contributed by atoms with Crippen LogP contribution in [0.25, 0.3) is 11.0 Å². The van der Waals surface area contributed by atoms with Gasteiger partial charge in [-0.15, -0.1) is 0 Å². The van der Waals surface area contributed by atoms with E-state index in [1.807, 2.05) is 37.3 Å². The van der Waals surface area contributed by atoms with Gasteiger partial charge in [-0.1, -0.05) is 30.7 Å². The van der Waals surface area contributed by atoms with Crippen LogP contribution in [0, 0.1) is 0 Å². The molecule has 20 heavy (non-hydrogen) atoms. The standard InChI is InChI=1S/C15H15ClN2O2/c1-2-10-6-7-12(19-10)14(18-17)13-8-9-4-3-5-11(16)15(9)20-13/h3-8,14,18H,2,17H2,1H3. The lowest BCUT2D eigenvalue weighted by Gasteiger charge is -2.10. The van der Waals surface area contributed by atoms with Gasteiger partial charge >= 0.3 is 0 Å². The largest absolute Gasteiger partial charge is 0.464 e. The van der Waals surface area contributed by atoms with E-state index in [-0.39, 0.29) is 6.04 Å². The molecule has 0 radical (unpaired) electrons. The summed E-state index contributed by atoms with van der Waals surface area (Å²) in [4.78, 5) is 0. The molecule has 104 valence electrons. The minimum absolute atomic E-state index is 0.334.